The molecule has 2 aromatic rings. The van der Waals surface area contributed by atoms with E-state index in [0.29, 0.717) is 30.6 Å². The molecule has 0 unspecified atom stereocenters. The molecule has 1 amide bonds. The molecule has 1 N–H and O–H groups in total. The van der Waals surface area contributed by atoms with Crippen LogP contribution in [-0.2, 0) is 10.0 Å². The zero-order chi connectivity index (χ0) is 22.8. The highest BCUT2D eigenvalue weighted by atomic mass is 32.2. The van der Waals surface area contributed by atoms with Gasteiger partial charge in [-0.3, -0.25) is 14.9 Å². The van der Waals surface area contributed by atoms with E-state index in [-0.39, 0.29) is 21.9 Å². The number of nitrogens with one attached hydrogen (secondary N) is 1. The SMILES string of the molecule is COc1ccc(C(=O)Nc2ccc(S(=O)(=O)N3C[C@@H](C)C[C@H](C)C3)cc2)cc1[N+](=O)[O-]. The number of carbonyl (C=O) groups is 1. The molecule has 10 heteroatoms. The summed E-state index contributed by atoms with van der Waals surface area (Å²) >= 11 is 0. The molecule has 1 aliphatic rings. The molecule has 0 aromatic heterocycles. The zero-order valence-electron chi connectivity index (χ0n) is 17.6. The van der Waals surface area contributed by atoms with Gasteiger partial charge in [-0.1, -0.05) is 13.8 Å². The van der Waals surface area contributed by atoms with Gasteiger partial charge >= 0.3 is 5.69 Å². The second-order valence-corrected chi connectivity index (χ2v) is 9.83. The molecule has 1 heterocycles. The van der Waals surface area contributed by atoms with Gasteiger partial charge < -0.3 is 10.1 Å². The van der Waals surface area contributed by atoms with E-state index in [1.165, 1.54) is 47.8 Å². The van der Waals surface area contributed by atoms with Gasteiger partial charge in [0.05, 0.1) is 16.9 Å². The summed E-state index contributed by atoms with van der Waals surface area (Å²) in [6.07, 6.45) is 1.00. The number of nitrogens with zero attached hydrogens (tertiary/aromatic N) is 2. The van der Waals surface area contributed by atoms with Crippen molar-refractivity contribution in [1.29, 1.82) is 0 Å². The number of piperidine rings is 1. The van der Waals surface area contributed by atoms with Crippen molar-refractivity contribution in [2.24, 2.45) is 11.8 Å². The van der Waals surface area contributed by atoms with Crippen LogP contribution in [0.3, 0.4) is 0 Å². The van der Waals surface area contributed by atoms with E-state index in [2.05, 4.69) is 5.32 Å². The average Bonchev–Trinajstić information content (AvgIpc) is 2.72. The Kier molecular flexibility index (Phi) is 6.61. The molecule has 1 fully saturated rings. The second-order valence-electron chi connectivity index (χ2n) is 7.89. The van der Waals surface area contributed by atoms with Crippen molar-refractivity contribution in [3.63, 3.8) is 0 Å². The summed E-state index contributed by atoms with van der Waals surface area (Å²) in [5.41, 5.74) is 0.143. The van der Waals surface area contributed by atoms with E-state index in [1.807, 2.05) is 13.8 Å². The Morgan fingerprint density at radius 2 is 1.74 bits per heavy atom. The number of anilines is 1. The first kappa shape index (κ1) is 22.7. The molecule has 1 saturated heterocycles. The minimum Gasteiger partial charge on any atom is -0.490 e. The summed E-state index contributed by atoms with van der Waals surface area (Å²) < 4.78 is 32.4. The molecule has 2 atom stereocenters. The summed E-state index contributed by atoms with van der Waals surface area (Å²) in [6.45, 7) is 5.06. The monoisotopic (exact) mass is 447 g/mol. The first-order valence-electron chi connectivity index (χ1n) is 9.85. The molecule has 2 aromatic carbocycles. The lowest BCUT2D eigenvalue weighted by atomic mass is 9.94. The van der Waals surface area contributed by atoms with Crippen LogP contribution < -0.4 is 10.1 Å². The molecule has 3 rings (SSSR count). The minimum atomic E-state index is -3.62. The van der Waals surface area contributed by atoms with Crippen molar-refractivity contribution in [1.82, 2.24) is 4.31 Å². The quantitative estimate of drug-likeness (QED) is 0.535. The van der Waals surface area contributed by atoms with E-state index < -0.39 is 20.9 Å². The Balaban J connectivity index is 1.75. The maximum atomic E-state index is 13.0. The molecule has 9 nitrogen and oxygen atoms in total. The molecule has 1 aliphatic heterocycles. The van der Waals surface area contributed by atoms with Crippen LogP contribution in [-0.4, -0.2) is 43.8 Å². The van der Waals surface area contributed by atoms with Gasteiger partial charge in [-0.25, -0.2) is 8.42 Å². The average molecular weight is 448 g/mol. The van der Waals surface area contributed by atoms with Gasteiger partial charge in [-0.15, -0.1) is 0 Å². The topological polar surface area (TPSA) is 119 Å². The normalized spacial score (nSPS) is 19.6. The summed E-state index contributed by atoms with van der Waals surface area (Å²) in [7, 11) is -2.31. The van der Waals surface area contributed by atoms with Crippen molar-refractivity contribution >= 4 is 27.3 Å². The third-order valence-electron chi connectivity index (χ3n) is 5.22. The van der Waals surface area contributed by atoms with Crippen LogP contribution in [0.1, 0.15) is 30.6 Å². The van der Waals surface area contributed by atoms with Gasteiger partial charge in [0.1, 0.15) is 0 Å². The number of carbonyl (C=O) groups excluding carboxylic acids is 1. The molecular formula is C21H25N3O6S. The zero-order valence-corrected chi connectivity index (χ0v) is 18.4. The number of hydrogen-bond acceptors (Lipinski definition) is 6. The molecule has 166 valence electrons. The smallest absolute Gasteiger partial charge is 0.311 e. The molecule has 0 radical (unpaired) electrons. The number of rotatable bonds is 6. The maximum Gasteiger partial charge on any atom is 0.311 e. The predicted octanol–water partition coefficient (Wildman–Crippen LogP) is 3.52. The second kappa shape index (κ2) is 9.03. The van der Waals surface area contributed by atoms with Crippen LogP contribution in [0, 0.1) is 22.0 Å². The predicted molar refractivity (Wildman–Crippen MR) is 116 cm³/mol. The van der Waals surface area contributed by atoms with Crippen molar-refractivity contribution in [3.8, 4) is 5.75 Å². The lowest BCUT2D eigenvalue weighted by Gasteiger charge is -2.34. The third-order valence-corrected chi connectivity index (χ3v) is 7.07. The highest BCUT2D eigenvalue weighted by Crippen LogP contribution is 2.29. The van der Waals surface area contributed by atoms with Gasteiger partial charge in [-0.2, -0.15) is 4.31 Å². The molecule has 0 spiro atoms. The standard InChI is InChI=1S/C21H25N3O6S/c1-14-10-15(2)13-23(12-14)31(28,29)18-7-5-17(6-8-18)22-21(25)16-4-9-20(30-3)19(11-16)24(26)27/h4-9,11,14-15H,10,12-13H2,1-3H3,(H,22,25)/t14-,15-/m0/s1. The molecular weight excluding hydrogens is 422 g/mol. The van der Waals surface area contributed by atoms with Crippen molar-refractivity contribution in [3.05, 3.63) is 58.1 Å². The molecule has 0 aliphatic carbocycles. The van der Waals surface area contributed by atoms with Gasteiger partial charge in [0.15, 0.2) is 5.75 Å². The highest BCUT2D eigenvalue weighted by molar-refractivity contribution is 7.89. The minimum absolute atomic E-state index is 0.0532. The van der Waals surface area contributed by atoms with E-state index in [9.17, 15) is 23.3 Å². The van der Waals surface area contributed by atoms with Crippen LogP contribution in [0.15, 0.2) is 47.4 Å². The molecule has 0 saturated carbocycles. The largest absolute Gasteiger partial charge is 0.490 e. The van der Waals surface area contributed by atoms with Crippen LogP contribution in [0.4, 0.5) is 11.4 Å². The highest BCUT2D eigenvalue weighted by Gasteiger charge is 2.31. The summed E-state index contributed by atoms with van der Waals surface area (Å²) in [6, 6.07) is 9.80. The number of nitro groups is 1. The lowest BCUT2D eigenvalue weighted by Crippen LogP contribution is -2.42. The van der Waals surface area contributed by atoms with Crippen LogP contribution in [0.5, 0.6) is 5.75 Å². The van der Waals surface area contributed by atoms with E-state index in [0.717, 1.165) is 12.5 Å². The number of amides is 1. The van der Waals surface area contributed by atoms with Crippen molar-refractivity contribution in [2.45, 2.75) is 25.2 Å². The third kappa shape index (κ3) is 5.02. The number of nitro benzene ring substituents is 1. The fraction of sp³-hybridized carbons (Fsp3) is 0.381. The van der Waals surface area contributed by atoms with Crippen molar-refractivity contribution < 1.29 is 22.9 Å². The van der Waals surface area contributed by atoms with E-state index in [4.69, 9.17) is 4.74 Å². The fourth-order valence-electron chi connectivity index (χ4n) is 3.84. The number of ether oxygens (including phenoxy) is 1. The Morgan fingerprint density at radius 1 is 1.13 bits per heavy atom. The summed E-state index contributed by atoms with van der Waals surface area (Å²) in [5, 5.41) is 13.8. The van der Waals surface area contributed by atoms with Gasteiger partial charge in [-0.05, 0) is 54.7 Å². The molecule has 0 bridgehead atoms. The first-order chi connectivity index (χ1) is 14.6. The number of hydrogen-bond donors (Lipinski definition) is 1. The van der Waals surface area contributed by atoms with Crippen molar-refractivity contribution in [2.75, 3.05) is 25.5 Å². The summed E-state index contributed by atoms with van der Waals surface area (Å²) in [4.78, 5) is 23.2. The van der Waals surface area contributed by atoms with Crippen LogP contribution >= 0.6 is 0 Å². The fourth-order valence-corrected chi connectivity index (χ4v) is 5.52. The Bertz CT molecular complexity index is 1070. The van der Waals surface area contributed by atoms with E-state index in [1.54, 1.807) is 0 Å². The lowest BCUT2D eigenvalue weighted by molar-refractivity contribution is -0.385. The first-order valence-corrected chi connectivity index (χ1v) is 11.3. The Labute approximate surface area is 181 Å². The maximum absolute atomic E-state index is 13.0. The Morgan fingerprint density at radius 3 is 2.29 bits per heavy atom. The van der Waals surface area contributed by atoms with E-state index >= 15 is 0 Å². The number of benzene rings is 2. The van der Waals surface area contributed by atoms with Gasteiger partial charge in [0.25, 0.3) is 5.91 Å². The van der Waals surface area contributed by atoms with Gasteiger partial charge in [0.2, 0.25) is 10.0 Å². The number of sulfonamides is 1. The van der Waals surface area contributed by atoms with Crippen LogP contribution in [0.2, 0.25) is 0 Å². The van der Waals surface area contributed by atoms with Crippen LogP contribution in [0.25, 0.3) is 0 Å². The summed E-state index contributed by atoms with van der Waals surface area (Å²) in [5.74, 6) is 0.0915. The Hall–Kier alpha value is -2.98. The molecule has 31 heavy (non-hydrogen) atoms. The van der Waals surface area contributed by atoms with Gasteiger partial charge in [0, 0.05) is 30.4 Å². The number of methoxy groups -OCH3 is 1.